The molecule has 0 radical (unpaired) electrons. The molecule has 164 valence electrons. The minimum Gasteiger partial charge on any atom is -0.363 e. The Hall–Kier alpha value is -4.13. The van der Waals surface area contributed by atoms with Gasteiger partial charge in [0, 0.05) is 53.6 Å². The molecule has 1 amide bonds. The Labute approximate surface area is 191 Å². The van der Waals surface area contributed by atoms with Crippen LogP contribution in [-0.4, -0.2) is 45.1 Å². The maximum atomic E-state index is 12.7. The van der Waals surface area contributed by atoms with Crippen molar-refractivity contribution in [2.75, 3.05) is 23.7 Å². The summed E-state index contributed by atoms with van der Waals surface area (Å²) in [7, 11) is 0. The first-order chi connectivity index (χ1) is 16.2. The van der Waals surface area contributed by atoms with Gasteiger partial charge in [0.25, 0.3) is 5.91 Å². The minimum atomic E-state index is 0.0938. The lowest BCUT2D eigenvalue weighted by Gasteiger charge is -2.29. The second-order valence-corrected chi connectivity index (χ2v) is 8.53. The summed E-state index contributed by atoms with van der Waals surface area (Å²) < 4.78 is 0. The second-order valence-electron chi connectivity index (χ2n) is 8.53. The summed E-state index contributed by atoms with van der Waals surface area (Å²) in [5.74, 6) is 1.02. The number of aromatic amines is 1. The number of pyridine rings is 1. The molecule has 2 aromatic carbocycles. The predicted octanol–water partition coefficient (Wildman–Crippen LogP) is 4.51. The van der Waals surface area contributed by atoms with E-state index in [1.54, 1.807) is 0 Å². The van der Waals surface area contributed by atoms with Gasteiger partial charge in [-0.15, -0.1) is 0 Å². The Morgan fingerprint density at radius 3 is 2.88 bits per heavy atom. The van der Waals surface area contributed by atoms with E-state index in [0.717, 1.165) is 53.0 Å². The summed E-state index contributed by atoms with van der Waals surface area (Å²) in [5, 5.41) is 15.3. The molecule has 2 aromatic heterocycles. The fourth-order valence-electron chi connectivity index (χ4n) is 4.71. The molecule has 4 heterocycles. The van der Waals surface area contributed by atoms with Gasteiger partial charge in [-0.25, -0.2) is 4.98 Å². The number of amides is 1. The standard InChI is InChI=1S/C26H24N6O/c33-26(18-4-2-1-3-5-18)32-12-9-17(10-13-32)24-15-21-23(8-11-27-25(21)30-24)29-20-6-7-22-19(14-20)16-28-31-22/h1-9,11,14,16,24H,10,12-13,15H2,(H,28,31)(H2,27,29,30). The molecule has 2 aliphatic rings. The van der Waals surface area contributed by atoms with Crippen LogP contribution in [-0.2, 0) is 6.42 Å². The highest BCUT2D eigenvalue weighted by Crippen LogP contribution is 2.35. The van der Waals surface area contributed by atoms with Crippen molar-refractivity contribution >= 4 is 34.0 Å². The van der Waals surface area contributed by atoms with Crippen LogP contribution in [0.25, 0.3) is 10.9 Å². The smallest absolute Gasteiger partial charge is 0.254 e. The van der Waals surface area contributed by atoms with E-state index in [4.69, 9.17) is 0 Å². The zero-order valence-electron chi connectivity index (χ0n) is 18.1. The van der Waals surface area contributed by atoms with Crippen molar-refractivity contribution < 1.29 is 4.79 Å². The zero-order valence-corrected chi connectivity index (χ0v) is 18.1. The largest absolute Gasteiger partial charge is 0.363 e. The Morgan fingerprint density at radius 2 is 2.03 bits per heavy atom. The highest BCUT2D eigenvalue weighted by molar-refractivity contribution is 5.94. The number of nitrogens with zero attached hydrogens (tertiary/aromatic N) is 3. The molecule has 2 aliphatic heterocycles. The molecule has 0 saturated heterocycles. The quantitative estimate of drug-likeness (QED) is 0.410. The van der Waals surface area contributed by atoms with E-state index < -0.39 is 0 Å². The number of rotatable bonds is 4. The van der Waals surface area contributed by atoms with Gasteiger partial charge in [-0.3, -0.25) is 9.89 Å². The van der Waals surface area contributed by atoms with E-state index in [-0.39, 0.29) is 11.9 Å². The number of hydrogen-bond acceptors (Lipinski definition) is 5. The number of nitrogens with one attached hydrogen (secondary N) is 3. The SMILES string of the molecule is O=C(c1ccccc1)N1CC=C(C2Cc3c(Nc4ccc5[nH]ncc5c4)ccnc3N2)CC1. The third kappa shape index (κ3) is 3.71. The molecule has 1 unspecified atom stereocenters. The van der Waals surface area contributed by atoms with Crippen molar-refractivity contribution in [3.63, 3.8) is 0 Å². The van der Waals surface area contributed by atoms with E-state index in [0.29, 0.717) is 6.54 Å². The monoisotopic (exact) mass is 436 g/mol. The van der Waals surface area contributed by atoms with Gasteiger partial charge in [-0.2, -0.15) is 5.10 Å². The van der Waals surface area contributed by atoms with Gasteiger partial charge in [0.2, 0.25) is 0 Å². The van der Waals surface area contributed by atoms with Crippen LogP contribution in [0.3, 0.4) is 0 Å². The number of hydrogen-bond donors (Lipinski definition) is 3. The molecule has 4 aromatic rings. The number of benzene rings is 2. The number of H-pyrrole nitrogens is 1. The van der Waals surface area contributed by atoms with Crippen LogP contribution in [0, 0.1) is 0 Å². The average Bonchev–Trinajstić information content (AvgIpc) is 3.52. The average molecular weight is 437 g/mol. The molecule has 7 nitrogen and oxygen atoms in total. The van der Waals surface area contributed by atoms with Crippen LogP contribution in [0.5, 0.6) is 0 Å². The number of anilines is 3. The van der Waals surface area contributed by atoms with Gasteiger partial charge in [-0.1, -0.05) is 24.3 Å². The first-order valence-electron chi connectivity index (χ1n) is 11.2. The van der Waals surface area contributed by atoms with Crippen LogP contribution in [0.2, 0.25) is 0 Å². The fraction of sp³-hybridized carbons (Fsp3) is 0.192. The highest BCUT2D eigenvalue weighted by atomic mass is 16.2. The molecule has 0 fully saturated rings. The lowest BCUT2D eigenvalue weighted by atomic mass is 9.96. The summed E-state index contributed by atoms with van der Waals surface area (Å²) in [4.78, 5) is 19.2. The summed E-state index contributed by atoms with van der Waals surface area (Å²) in [5.41, 5.74) is 6.39. The van der Waals surface area contributed by atoms with Gasteiger partial charge in [-0.05, 0) is 48.4 Å². The molecular formula is C26H24N6O. The molecule has 0 saturated carbocycles. The van der Waals surface area contributed by atoms with Crippen LogP contribution >= 0.6 is 0 Å². The van der Waals surface area contributed by atoms with Crippen LogP contribution in [0.1, 0.15) is 22.3 Å². The zero-order chi connectivity index (χ0) is 22.2. The maximum absolute atomic E-state index is 12.7. The number of fused-ring (bicyclic) bond motifs is 2. The van der Waals surface area contributed by atoms with E-state index in [1.807, 2.05) is 59.8 Å². The molecule has 7 heteroatoms. The molecule has 1 atom stereocenters. The Bertz CT molecular complexity index is 1360. The Kier molecular flexibility index (Phi) is 4.79. The third-order valence-electron chi connectivity index (χ3n) is 6.49. The summed E-state index contributed by atoms with van der Waals surface area (Å²) in [6.45, 7) is 1.37. The van der Waals surface area contributed by atoms with Crippen LogP contribution < -0.4 is 10.6 Å². The normalized spacial score (nSPS) is 17.4. The van der Waals surface area contributed by atoms with Crippen molar-refractivity contribution in [2.24, 2.45) is 0 Å². The summed E-state index contributed by atoms with van der Waals surface area (Å²) >= 11 is 0. The summed E-state index contributed by atoms with van der Waals surface area (Å²) in [6.07, 6.45) is 7.61. The first kappa shape index (κ1) is 19.5. The molecular weight excluding hydrogens is 412 g/mol. The lowest BCUT2D eigenvalue weighted by Crippen LogP contribution is -2.37. The molecule has 0 spiro atoms. The van der Waals surface area contributed by atoms with Crippen LogP contribution in [0.15, 0.2) is 78.6 Å². The van der Waals surface area contributed by atoms with Gasteiger partial charge >= 0.3 is 0 Å². The van der Waals surface area contributed by atoms with Crippen LogP contribution in [0.4, 0.5) is 17.2 Å². The van der Waals surface area contributed by atoms with Gasteiger partial charge in [0.1, 0.15) is 5.82 Å². The molecule has 33 heavy (non-hydrogen) atoms. The predicted molar refractivity (Wildman–Crippen MR) is 130 cm³/mol. The Morgan fingerprint density at radius 1 is 1.12 bits per heavy atom. The van der Waals surface area contributed by atoms with E-state index in [9.17, 15) is 4.79 Å². The second kappa shape index (κ2) is 8.09. The maximum Gasteiger partial charge on any atom is 0.254 e. The van der Waals surface area contributed by atoms with Gasteiger partial charge < -0.3 is 15.5 Å². The molecule has 0 bridgehead atoms. The number of carbonyl (C=O) groups excluding carboxylic acids is 1. The van der Waals surface area contributed by atoms with E-state index >= 15 is 0 Å². The van der Waals surface area contributed by atoms with Gasteiger partial charge in [0.05, 0.1) is 17.8 Å². The van der Waals surface area contributed by atoms with Gasteiger partial charge in [0.15, 0.2) is 0 Å². The molecule has 6 rings (SSSR count). The minimum absolute atomic E-state index is 0.0938. The number of aromatic nitrogens is 3. The summed E-state index contributed by atoms with van der Waals surface area (Å²) in [6, 6.07) is 17.9. The molecule has 0 aliphatic carbocycles. The third-order valence-corrected chi connectivity index (χ3v) is 6.49. The Balaban J connectivity index is 1.16. The topological polar surface area (TPSA) is 85.9 Å². The van der Waals surface area contributed by atoms with E-state index in [2.05, 4.69) is 44.0 Å². The van der Waals surface area contributed by atoms with Crippen molar-refractivity contribution in [2.45, 2.75) is 18.9 Å². The van der Waals surface area contributed by atoms with E-state index in [1.165, 1.54) is 11.1 Å². The lowest BCUT2D eigenvalue weighted by molar-refractivity contribution is 0.0768. The highest BCUT2D eigenvalue weighted by Gasteiger charge is 2.29. The first-order valence-corrected chi connectivity index (χ1v) is 11.2. The molecule has 3 N–H and O–H groups in total. The number of carbonyl (C=O) groups is 1. The van der Waals surface area contributed by atoms with Crippen molar-refractivity contribution in [1.82, 2.24) is 20.1 Å². The van der Waals surface area contributed by atoms with Crippen molar-refractivity contribution in [3.8, 4) is 0 Å². The van der Waals surface area contributed by atoms with Crippen molar-refractivity contribution in [3.05, 3.63) is 89.8 Å². The van der Waals surface area contributed by atoms with Crippen molar-refractivity contribution in [1.29, 1.82) is 0 Å². The fourth-order valence-corrected chi connectivity index (χ4v) is 4.71.